The predicted molar refractivity (Wildman–Crippen MR) is 109 cm³/mol. The van der Waals surface area contributed by atoms with E-state index in [2.05, 4.69) is 15.1 Å². The molecule has 5 heteroatoms. The Balaban J connectivity index is 1.08. The zero-order chi connectivity index (χ0) is 19.1. The van der Waals surface area contributed by atoms with E-state index in [1.54, 1.807) is 0 Å². The van der Waals surface area contributed by atoms with Gasteiger partial charge >= 0.3 is 0 Å². The van der Waals surface area contributed by atoms with Crippen LogP contribution in [0.25, 0.3) is 0 Å². The number of hydrogen-bond donors (Lipinski definition) is 1. The van der Waals surface area contributed by atoms with Gasteiger partial charge < -0.3 is 10.2 Å². The molecule has 1 heterocycles. The number of anilines is 1. The van der Waals surface area contributed by atoms with Gasteiger partial charge in [0, 0.05) is 38.4 Å². The first kappa shape index (κ1) is 18.4. The number of carbonyl (C=O) groups is 1. The van der Waals surface area contributed by atoms with Crippen LogP contribution in [0.15, 0.2) is 24.3 Å². The van der Waals surface area contributed by atoms with Crippen LogP contribution < -0.4 is 10.2 Å². The minimum atomic E-state index is -0.196. The fourth-order valence-corrected chi connectivity index (χ4v) is 6.87. The van der Waals surface area contributed by atoms with Crippen LogP contribution in [0.1, 0.15) is 38.5 Å². The molecule has 4 nitrogen and oxygen atoms in total. The molecule has 0 unspecified atom stereocenters. The quantitative estimate of drug-likeness (QED) is 0.845. The first-order valence-electron chi connectivity index (χ1n) is 11.1. The lowest BCUT2D eigenvalue weighted by Crippen LogP contribution is -2.53. The van der Waals surface area contributed by atoms with Gasteiger partial charge in [-0.25, -0.2) is 4.39 Å². The van der Waals surface area contributed by atoms with Crippen molar-refractivity contribution < 1.29 is 9.18 Å². The molecule has 1 aliphatic heterocycles. The van der Waals surface area contributed by atoms with Crippen molar-refractivity contribution in [2.24, 2.45) is 23.2 Å². The Hall–Kier alpha value is -1.62. The third kappa shape index (κ3) is 3.78. The molecule has 0 atom stereocenters. The molecule has 1 saturated heterocycles. The average molecular weight is 386 g/mol. The van der Waals surface area contributed by atoms with E-state index in [-0.39, 0.29) is 11.7 Å². The van der Waals surface area contributed by atoms with E-state index in [4.69, 9.17) is 0 Å². The van der Waals surface area contributed by atoms with Gasteiger partial charge in [0.1, 0.15) is 5.82 Å². The highest BCUT2D eigenvalue weighted by Crippen LogP contribution is 2.59. The number of carbonyl (C=O) groups excluding carboxylic acids is 1. The van der Waals surface area contributed by atoms with Crippen LogP contribution in [0.4, 0.5) is 10.1 Å². The second-order valence-electron chi connectivity index (χ2n) is 9.93. The van der Waals surface area contributed by atoms with E-state index in [1.165, 1.54) is 50.7 Å². The molecular weight excluding hydrogens is 353 g/mol. The Morgan fingerprint density at radius 1 is 0.964 bits per heavy atom. The molecule has 4 saturated carbocycles. The van der Waals surface area contributed by atoms with Crippen molar-refractivity contribution in [3.63, 3.8) is 0 Å². The maximum atomic E-state index is 13.1. The van der Waals surface area contributed by atoms with Crippen LogP contribution in [0.3, 0.4) is 0 Å². The maximum Gasteiger partial charge on any atom is 0.234 e. The molecule has 0 aromatic heterocycles. The van der Waals surface area contributed by atoms with Gasteiger partial charge in [-0.2, -0.15) is 0 Å². The van der Waals surface area contributed by atoms with Crippen molar-refractivity contribution in [3.05, 3.63) is 30.1 Å². The Bertz CT molecular complexity index is 676. The number of nitrogens with zero attached hydrogens (tertiary/aromatic N) is 2. The molecule has 1 amide bonds. The number of halogens is 1. The van der Waals surface area contributed by atoms with Crippen molar-refractivity contribution in [1.82, 2.24) is 10.2 Å². The summed E-state index contributed by atoms with van der Waals surface area (Å²) in [6.07, 6.45) is 8.38. The molecule has 4 aliphatic carbocycles. The molecular formula is C23H32FN3O. The van der Waals surface area contributed by atoms with Gasteiger partial charge in [0.05, 0.1) is 6.54 Å². The van der Waals surface area contributed by atoms with Crippen molar-refractivity contribution in [1.29, 1.82) is 0 Å². The number of nitrogens with one attached hydrogen (secondary N) is 1. The molecule has 1 aromatic carbocycles. The molecule has 28 heavy (non-hydrogen) atoms. The fourth-order valence-electron chi connectivity index (χ4n) is 6.87. The summed E-state index contributed by atoms with van der Waals surface area (Å²) in [6, 6.07) is 6.70. The zero-order valence-electron chi connectivity index (χ0n) is 16.7. The molecule has 152 valence electrons. The SMILES string of the molecule is O=C(CN1CCN(c2ccc(F)cc2)CC1)NCC12CC3CC(CC(C3)C1)C2. The summed E-state index contributed by atoms with van der Waals surface area (Å²) in [5.74, 6) is 2.79. The Morgan fingerprint density at radius 2 is 1.54 bits per heavy atom. The van der Waals surface area contributed by atoms with Crippen LogP contribution in [0, 0.1) is 29.0 Å². The Kier molecular flexibility index (Phi) is 4.82. The van der Waals surface area contributed by atoms with Gasteiger partial charge in [-0.1, -0.05) is 0 Å². The lowest BCUT2D eigenvalue weighted by atomic mass is 9.49. The second-order valence-corrected chi connectivity index (χ2v) is 9.93. The topological polar surface area (TPSA) is 35.6 Å². The van der Waals surface area contributed by atoms with E-state index >= 15 is 0 Å². The first-order valence-corrected chi connectivity index (χ1v) is 11.1. The van der Waals surface area contributed by atoms with Crippen LogP contribution in [0.2, 0.25) is 0 Å². The van der Waals surface area contributed by atoms with Crippen molar-refractivity contribution in [3.8, 4) is 0 Å². The minimum absolute atomic E-state index is 0.186. The third-order valence-electron chi connectivity index (χ3n) is 7.76. The second kappa shape index (κ2) is 7.33. The molecule has 1 aromatic rings. The van der Waals surface area contributed by atoms with Gasteiger partial charge in [-0.05, 0) is 86.0 Å². The summed E-state index contributed by atoms with van der Waals surface area (Å²) in [7, 11) is 0. The van der Waals surface area contributed by atoms with E-state index in [0.29, 0.717) is 12.0 Å². The standard InChI is InChI=1S/C23H32FN3O/c24-20-1-3-21(4-2-20)27-7-5-26(6-8-27)15-22(28)25-16-23-12-17-9-18(13-23)11-19(10-17)14-23/h1-4,17-19H,5-16H2,(H,25,28). The lowest BCUT2D eigenvalue weighted by molar-refractivity contribution is -0.124. The molecule has 6 rings (SSSR count). The summed E-state index contributed by atoms with van der Waals surface area (Å²) in [5, 5.41) is 3.30. The van der Waals surface area contributed by atoms with Gasteiger partial charge in [0.2, 0.25) is 5.91 Å². The van der Waals surface area contributed by atoms with Crippen molar-refractivity contribution in [2.75, 3.05) is 44.2 Å². The van der Waals surface area contributed by atoms with Crippen molar-refractivity contribution >= 4 is 11.6 Å². The summed E-state index contributed by atoms with van der Waals surface area (Å²) in [4.78, 5) is 17.1. The van der Waals surface area contributed by atoms with E-state index in [0.717, 1.165) is 56.2 Å². The van der Waals surface area contributed by atoms with E-state index in [9.17, 15) is 9.18 Å². The summed E-state index contributed by atoms with van der Waals surface area (Å²) < 4.78 is 13.1. The van der Waals surface area contributed by atoms with E-state index in [1.807, 2.05) is 12.1 Å². The molecule has 5 aliphatic rings. The van der Waals surface area contributed by atoms with Crippen LogP contribution in [-0.4, -0.2) is 50.1 Å². The average Bonchev–Trinajstić information content (AvgIpc) is 2.67. The van der Waals surface area contributed by atoms with Crippen LogP contribution >= 0.6 is 0 Å². The fraction of sp³-hybridized carbons (Fsp3) is 0.696. The molecule has 0 radical (unpaired) electrons. The molecule has 5 fully saturated rings. The van der Waals surface area contributed by atoms with Crippen LogP contribution in [0.5, 0.6) is 0 Å². The normalized spacial score (nSPS) is 34.6. The molecule has 4 bridgehead atoms. The van der Waals surface area contributed by atoms with E-state index < -0.39 is 0 Å². The van der Waals surface area contributed by atoms with Gasteiger partial charge in [-0.15, -0.1) is 0 Å². The number of piperazine rings is 1. The van der Waals surface area contributed by atoms with Gasteiger partial charge in [-0.3, -0.25) is 9.69 Å². The summed E-state index contributed by atoms with van der Waals surface area (Å²) >= 11 is 0. The number of rotatable bonds is 5. The highest BCUT2D eigenvalue weighted by atomic mass is 19.1. The number of benzene rings is 1. The Morgan fingerprint density at radius 3 is 2.11 bits per heavy atom. The molecule has 0 spiro atoms. The Labute approximate surface area is 167 Å². The van der Waals surface area contributed by atoms with Gasteiger partial charge in [0.25, 0.3) is 0 Å². The smallest absolute Gasteiger partial charge is 0.234 e. The zero-order valence-corrected chi connectivity index (χ0v) is 16.7. The summed E-state index contributed by atoms with van der Waals surface area (Å²) in [5.41, 5.74) is 1.47. The predicted octanol–water partition coefficient (Wildman–Crippen LogP) is 3.28. The highest BCUT2D eigenvalue weighted by Gasteiger charge is 2.50. The highest BCUT2D eigenvalue weighted by molar-refractivity contribution is 5.78. The first-order chi connectivity index (χ1) is 13.6. The molecule has 1 N–H and O–H groups in total. The lowest BCUT2D eigenvalue weighted by Gasteiger charge is -2.57. The van der Waals surface area contributed by atoms with Crippen molar-refractivity contribution in [2.45, 2.75) is 38.5 Å². The monoisotopic (exact) mass is 385 g/mol. The number of hydrogen-bond acceptors (Lipinski definition) is 3. The van der Waals surface area contributed by atoms with Gasteiger partial charge in [0.15, 0.2) is 0 Å². The number of amides is 1. The van der Waals surface area contributed by atoms with Crippen LogP contribution in [-0.2, 0) is 4.79 Å². The largest absolute Gasteiger partial charge is 0.369 e. The minimum Gasteiger partial charge on any atom is -0.369 e. The third-order valence-corrected chi connectivity index (χ3v) is 7.76. The maximum absolute atomic E-state index is 13.1. The summed E-state index contributed by atoms with van der Waals surface area (Å²) in [6.45, 7) is 4.92.